The van der Waals surface area contributed by atoms with E-state index in [1.54, 1.807) is 0 Å². The van der Waals surface area contributed by atoms with E-state index in [0.29, 0.717) is 12.2 Å². The van der Waals surface area contributed by atoms with Gasteiger partial charge in [0.25, 0.3) is 0 Å². The van der Waals surface area contributed by atoms with Gasteiger partial charge in [-0.1, -0.05) is 20.8 Å². The van der Waals surface area contributed by atoms with E-state index in [9.17, 15) is 4.79 Å². The predicted octanol–water partition coefficient (Wildman–Crippen LogP) is 2.14. The molecule has 1 aromatic rings. The molecule has 3 heteroatoms. The quantitative estimate of drug-likeness (QED) is 0.743. The number of nitrogens with zero attached hydrogens (tertiary/aromatic N) is 2. The number of ketones is 1. The Balaban J connectivity index is 2.71. The van der Waals surface area contributed by atoms with Crippen LogP contribution in [0.25, 0.3) is 0 Å². The van der Waals surface area contributed by atoms with Crippen LogP contribution >= 0.6 is 0 Å². The van der Waals surface area contributed by atoms with E-state index in [0.717, 1.165) is 24.2 Å². The maximum Gasteiger partial charge on any atom is 0.135 e. The molecule has 84 valence electrons. The first-order chi connectivity index (χ1) is 7.08. The molecule has 15 heavy (non-hydrogen) atoms. The number of carbonyl (C=O) groups excluding carboxylic acids is 1. The summed E-state index contributed by atoms with van der Waals surface area (Å²) >= 11 is 0. The summed E-state index contributed by atoms with van der Waals surface area (Å²) in [4.78, 5) is 11.5. The maximum absolute atomic E-state index is 11.5. The van der Waals surface area contributed by atoms with Crippen molar-refractivity contribution >= 4 is 5.78 Å². The van der Waals surface area contributed by atoms with E-state index in [4.69, 9.17) is 0 Å². The van der Waals surface area contributed by atoms with Gasteiger partial charge in [0.15, 0.2) is 0 Å². The molecule has 0 fully saturated rings. The highest BCUT2D eigenvalue weighted by atomic mass is 16.1. The molecule has 1 unspecified atom stereocenters. The Kier molecular flexibility index (Phi) is 4.06. The Hall–Kier alpha value is -1.12. The molecule has 0 N–H and O–H groups in total. The third kappa shape index (κ3) is 2.91. The zero-order valence-corrected chi connectivity index (χ0v) is 10.1. The van der Waals surface area contributed by atoms with Crippen molar-refractivity contribution in [1.82, 2.24) is 9.78 Å². The molecule has 1 atom stereocenters. The minimum absolute atomic E-state index is 0.107. The maximum atomic E-state index is 11.5. The Morgan fingerprint density at radius 1 is 1.53 bits per heavy atom. The molecule has 0 aliphatic carbocycles. The second-order valence-corrected chi connectivity index (χ2v) is 4.03. The topological polar surface area (TPSA) is 34.9 Å². The molecule has 1 aromatic heterocycles. The Bertz CT molecular complexity index is 341. The van der Waals surface area contributed by atoms with Crippen LogP contribution in [0.15, 0.2) is 6.07 Å². The predicted molar refractivity (Wildman–Crippen MR) is 60.8 cm³/mol. The summed E-state index contributed by atoms with van der Waals surface area (Å²) in [6, 6.07) is 2.10. The van der Waals surface area contributed by atoms with Gasteiger partial charge in [-0.15, -0.1) is 0 Å². The molecule has 0 bridgehead atoms. The minimum Gasteiger partial charge on any atom is -0.299 e. The number of aryl methyl sites for hydroxylation is 2. The van der Waals surface area contributed by atoms with Gasteiger partial charge in [0.1, 0.15) is 5.78 Å². The van der Waals surface area contributed by atoms with Gasteiger partial charge in [0.05, 0.1) is 5.69 Å². The smallest absolute Gasteiger partial charge is 0.135 e. The Labute approximate surface area is 91.5 Å². The molecular weight excluding hydrogens is 188 g/mol. The average molecular weight is 208 g/mol. The first-order valence-corrected chi connectivity index (χ1v) is 5.63. The van der Waals surface area contributed by atoms with Gasteiger partial charge in [-0.05, 0) is 18.9 Å². The molecule has 0 aliphatic heterocycles. The van der Waals surface area contributed by atoms with Crippen LogP contribution in [0, 0.1) is 5.92 Å². The highest BCUT2D eigenvalue weighted by molar-refractivity contribution is 5.80. The lowest BCUT2D eigenvalue weighted by atomic mass is 9.98. The highest BCUT2D eigenvalue weighted by Gasteiger charge is 2.14. The molecule has 0 spiro atoms. The standard InChI is InChI=1S/C12H20N2O/c1-5-10-8-11(14(4)13-10)7-9(3)12(15)6-2/h8-9H,5-7H2,1-4H3. The summed E-state index contributed by atoms with van der Waals surface area (Å²) in [5, 5.41) is 4.37. The lowest BCUT2D eigenvalue weighted by molar-refractivity contribution is -0.122. The molecule has 0 aliphatic rings. The third-order valence-corrected chi connectivity index (χ3v) is 2.80. The lowest BCUT2D eigenvalue weighted by Gasteiger charge is -2.08. The van der Waals surface area contributed by atoms with E-state index < -0.39 is 0 Å². The van der Waals surface area contributed by atoms with E-state index >= 15 is 0 Å². The van der Waals surface area contributed by atoms with Gasteiger partial charge in [-0.3, -0.25) is 9.48 Å². The van der Waals surface area contributed by atoms with Crippen LogP contribution in [0.4, 0.5) is 0 Å². The summed E-state index contributed by atoms with van der Waals surface area (Å²) in [7, 11) is 1.94. The number of carbonyl (C=O) groups is 1. The summed E-state index contributed by atoms with van der Waals surface area (Å²) < 4.78 is 1.89. The van der Waals surface area contributed by atoms with Gasteiger partial charge in [0.2, 0.25) is 0 Å². The van der Waals surface area contributed by atoms with E-state index in [1.165, 1.54) is 0 Å². The fourth-order valence-electron chi connectivity index (χ4n) is 1.71. The normalized spacial score (nSPS) is 12.8. The monoisotopic (exact) mass is 208 g/mol. The van der Waals surface area contributed by atoms with Crippen molar-refractivity contribution in [3.63, 3.8) is 0 Å². The molecular formula is C12H20N2O. The molecule has 1 rings (SSSR count). The van der Waals surface area contributed by atoms with Crippen LogP contribution in [-0.2, 0) is 24.7 Å². The van der Waals surface area contributed by atoms with Crippen molar-refractivity contribution in [3.05, 3.63) is 17.5 Å². The molecule has 0 aromatic carbocycles. The van der Waals surface area contributed by atoms with Crippen molar-refractivity contribution in [2.24, 2.45) is 13.0 Å². The van der Waals surface area contributed by atoms with Crippen LogP contribution in [0.1, 0.15) is 38.6 Å². The molecule has 1 heterocycles. The third-order valence-electron chi connectivity index (χ3n) is 2.80. The second kappa shape index (κ2) is 5.10. The number of hydrogen-bond acceptors (Lipinski definition) is 2. The van der Waals surface area contributed by atoms with Crippen molar-refractivity contribution in [2.45, 2.75) is 40.0 Å². The minimum atomic E-state index is 0.107. The van der Waals surface area contributed by atoms with Crippen LogP contribution in [0.2, 0.25) is 0 Å². The van der Waals surface area contributed by atoms with E-state index in [2.05, 4.69) is 18.1 Å². The first kappa shape index (κ1) is 12.0. The van der Waals surface area contributed by atoms with Crippen LogP contribution in [0.5, 0.6) is 0 Å². The summed E-state index contributed by atoms with van der Waals surface area (Å²) in [5.74, 6) is 0.435. The Morgan fingerprint density at radius 2 is 2.20 bits per heavy atom. The fraction of sp³-hybridized carbons (Fsp3) is 0.667. The van der Waals surface area contributed by atoms with Crippen molar-refractivity contribution in [1.29, 1.82) is 0 Å². The van der Waals surface area contributed by atoms with Gasteiger partial charge in [0, 0.05) is 25.1 Å². The molecule has 0 amide bonds. The van der Waals surface area contributed by atoms with Gasteiger partial charge in [-0.25, -0.2) is 0 Å². The number of aromatic nitrogens is 2. The zero-order valence-electron chi connectivity index (χ0n) is 10.1. The van der Waals surface area contributed by atoms with Gasteiger partial charge >= 0.3 is 0 Å². The largest absolute Gasteiger partial charge is 0.299 e. The highest BCUT2D eigenvalue weighted by Crippen LogP contribution is 2.12. The van der Waals surface area contributed by atoms with E-state index in [1.807, 2.05) is 25.6 Å². The number of Topliss-reactive ketones (excluding diaryl/α,β-unsaturated/α-hetero) is 1. The number of rotatable bonds is 5. The van der Waals surface area contributed by atoms with Crippen LogP contribution in [-0.4, -0.2) is 15.6 Å². The lowest BCUT2D eigenvalue weighted by Crippen LogP contribution is -2.14. The summed E-state index contributed by atoms with van der Waals surface area (Å²) in [6.45, 7) is 6.00. The van der Waals surface area contributed by atoms with Crippen molar-refractivity contribution in [2.75, 3.05) is 0 Å². The average Bonchev–Trinajstić information content (AvgIpc) is 2.58. The molecule has 0 saturated heterocycles. The van der Waals surface area contributed by atoms with Gasteiger partial charge in [-0.2, -0.15) is 5.10 Å². The van der Waals surface area contributed by atoms with Crippen molar-refractivity contribution < 1.29 is 4.79 Å². The fourth-order valence-corrected chi connectivity index (χ4v) is 1.71. The van der Waals surface area contributed by atoms with Gasteiger partial charge < -0.3 is 0 Å². The summed E-state index contributed by atoms with van der Waals surface area (Å²) in [5.41, 5.74) is 2.25. The van der Waals surface area contributed by atoms with Crippen molar-refractivity contribution in [3.8, 4) is 0 Å². The van der Waals surface area contributed by atoms with E-state index in [-0.39, 0.29) is 5.92 Å². The SMILES string of the molecule is CCC(=O)C(C)Cc1cc(CC)nn1C. The summed E-state index contributed by atoms with van der Waals surface area (Å²) in [6.07, 6.45) is 2.37. The second-order valence-electron chi connectivity index (χ2n) is 4.03. The molecule has 0 saturated carbocycles. The zero-order chi connectivity index (χ0) is 11.4. The molecule has 3 nitrogen and oxygen atoms in total. The molecule has 0 radical (unpaired) electrons. The number of hydrogen-bond donors (Lipinski definition) is 0. The Morgan fingerprint density at radius 3 is 2.67 bits per heavy atom. The van der Waals surface area contributed by atoms with Crippen LogP contribution in [0.3, 0.4) is 0 Å². The first-order valence-electron chi connectivity index (χ1n) is 5.63. The van der Waals surface area contributed by atoms with Crippen LogP contribution < -0.4 is 0 Å².